The van der Waals surface area contributed by atoms with Crippen LogP contribution in [0, 0.1) is 5.41 Å². The van der Waals surface area contributed by atoms with Gasteiger partial charge in [-0.1, -0.05) is 51.1 Å². The highest BCUT2D eigenvalue weighted by Crippen LogP contribution is 2.34. The maximum atomic E-state index is 12.8. The number of halogens is 3. The van der Waals surface area contributed by atoms with Gasteiger partial charge >= 0.3 is 6.18 Å². The predicted molar refractivity (Wildman–Crippen MR) is 104 cm³/mol. The Morgan fingerprint density at radius 1 is 0.966 bits per heavy atom. The molecular formula is C20H23F3N2O3S. The van der Waals surface area contributed by atoms with E-state index in [9.17, 15) is 26.4 Å². The van der Waals surface area contributed by atoms with Gasteiger partial charge in [0.25, 0.3) is 5.91 Å². The largest absolute Gasteiger partial charge is 0.405 e. The van der Waals surface area contributed by atoms with Crippen LogP contribution in [0.5, 0.6) is 0 Å². The summed E-state index contributed by atoms with van der Waals surface area (Å²) in [6, 6.07) is 13.3. The lowest BCUT2D eigenvalue weighted by Crippen LogP contribution is -2.36. The van der Waals surface area contributed by atoms with E-state index in [0.29, 0.717) is 0 Å². The number of amides is 1. The first-order chi connectivity index (χ1) is 13.3. The molecule has 2 aromatic carbocycles. The molecule has 2 rings (SSSR count). The first-order valence-electron chi connectivity index (χ1n) is 8.82. The lowest BCUT2D eigenvalue weighted by Gasteiger charge is -2.31. The number of benzene rings is 2. The first kappa shape index (κ1) is 22.9. The summed E-state index contributed by atoms with van der Waals surface area (Å²) in [6.45, 7) is 4.25. The van der Waals surface area contributed by atoms with Crippen LogP contribution in [-0.4, -0.2) is 27.0 Å². The maximum Gasteiger partial charge on any atom is 0.405 e. The third-order valence-electron chi connectivity index (χ3n) is 4.15. The van der Waals surface area contributed by atoms with Gasteiger partial charge in [-0.3, -0.25) is 4.79 Å². The fourth-order valence-corrected chi connectivity index (χ4v) is 4.11. The SMILES string of the molecule is CC(C)(C)C(NS(=O)(=O)c1ccc(C(=O)NCC(F)(F)F)cc1)c1ccccc1. The molecule has 0 fully saturated rings. The standard InChI is InChI=1S/C20H23F3N2O3S/c1-19(2,3)17(14-7-5-4-6-8-14)25-29(27,28)16-11-9-15(10-12-16)18(26)24-13-20(21,22)23/h4-12,17,25H,13H2,1-3H3,(H,24,26). The molecule has 0 aliphatic carbocycles. The minimum atomic E-state index is -4.53. The zero-order valence-electron chi connectivity index (χ0n) is 16.2. The van der Waals surface area contributed by atoms with Crippen LogP contribution in [-0.2, 0) is 10.0 Å². The quantitative estimate of drug-likeness (QED) is 0.729. The van der Waals surface area contributed by atoms with Crippen molar-refractivity contribution in [2.45, 2.75) is 37.9 Å². The number of rotatable bonds is 6. The van der Waals surface area contributed by atoms with Gasteiger partial charge in [0.1, 0.15) is 6.54 Å². The van der Waals surface area contributed by atoms with Crippen molar-refractivity contribution in [2.75, 3.05) is 6.54 Å². The highest BCUT2D eigenvalue weighted by Gasteiger charge is 2.31. The van der Waals surface area contributed by atoms with Crippen molar-refractivity contribution in [3.8, 4) is 0 Å². The molecule has 0 aliphatic heterocycles. The molecule has 0 aliphatic rings. The molecule has 0 spiro atoms. The van der Waals surface area contributed by atoms with Crippen molar-refractivity contribution < 1.29 is 26.4 Å². The van der Waals surface area contributed by atoms with E-state index in [4.69, 9.17) is 0 Å². The highest BCUT2D eigenvalue weighted by molar-refractivity contribution is 7.89. The van der Waals surface area contributed by atoms with E-state index in [1.165, 1.54) is 24.3 Å². The van der Waals surface area contributed by atoms with Crippen LogP contribution < -0.4 is 10.0 Å². The van der Waals surface area contributed by atoms with Crippen LogP contribution >= 0.6 is 0 Å². The summed E-state index contributed by atoms with van der Waals surface area (Å²) in [4.78, 5) is 11.7. The fraction of sp³-hybridized carbons (Fsp3) is 0.350. The summed E-state index contributed by atoms with van der Waals surface area (Å²) < 4.78 is 65.0. The number of alkyl halides is 3. The van der Waals surface area contributed by atoms with E-state index in [0.717, 1.165) is 5.56 Å². The summed E-state index contributed by atoms with van der Waals surface area (Å²) in [5, 5.41) is 1.74. The van der Waals surface area contributed by atoms with Crippen LogP contribution in [0.4, 0.5) is 13.2 Å². The monoisotopic (exact) mass is 428 g/mol. The molecule has 0 heterocycles. The highest BCUT2D eigenvalue weighted by atomic mass is 32.2. The van der Waals surface area contributed by atoms with Crippen molar-refractivity contribution in [3.05, 3.63) is 65.7 Å². The smallest absolute Gasteiger partial charge is 0.343 e. The molecule has 2 aromatic rings. The van der Waals surface area contributed by atoms with Gasteiger partial charge in [0.15, 0.2) is 0 Å². The Hall–Kier alpha value is -2.39. The molecule has 29 heavy (non-hydrogen) atoms. The van der Waals surface area contributed by atoms with Gasteiger partial charge in [0.2, 0.25) is 10.0 Å². The van der Waals surface area contributed by atoms with Crippen LogP contribution in [0.15, 0.2) is 59.5 Å². The molecular weight excluding hydrogens is 405 g/mol. The topological polar surface area (TPSA) is 75.3 Å². The molecule has 1 amide bonds. The minimum Gasteiger partial charge on any atom is -0.343 e. The van der Waals surface area contributed by atoms with E-state index in [2.05, 4.69) is 4.72 Å². The number of hydrogen-bond acceptors (Lipinski definition) is 3. The van der Waals surface area contributed by atoms with E-state index < -0.39 is 40.1 Å². The second kappa shape index (κ2) is 8.54. The zero-order valence-corrected chi connectivity index (χ0v) is 17.1. The molecule has 1 unspecified atom stereocenters. The molecule has 9 heteroatoms. The van der Waals surface area contributed by atoms with Crippen molar-refractivity contribution in [1.82, 2.24) is 10.0 Å². The number of carbonyl (C=O) groups excluding carboxylic acids is 1. The normalized spacial score (nSPS) is 13.7. The molecule has 1 atom stereocenters. The second-order valence-corrected chi connectivity index (χ2v) is 9.37. The summed E-state index contributed by atoms with van der Waals surface area (Å²) in [5.41, 5.74) is 0.307. The summed E-state index contributed by atoms with van der Waals surface area (Å²) in [5.74, 6) is -0.934. The van der Waals surface area contributed by atoms with Crippen LogP contribution in [0.3, 0.4) is 0 Å². The number of carbonyl (C=O) groups is 1. The second-order valence-electron chi connectivity index (χ2n) is 7.65. The van der Waals surface area contributed by atoms with Gasteiger partial charge < -0.3 is 5.32 Å². The Labute approximate surface area is 168 Å². The van der Waals surface area contributed by atoms with Gasteiger partial charge in [-0.15, -0.1) is 0 Å². The van der Waals surface area contributed by atoms with Crippen molar-refractivity contribution in [2.24, 2.45) is 5.41 Å². The lowest BCUT2D eigenvalue weighted by atomic mass is 9.83. The molecule has 0 aromatic heterocycles. The summed E-state index contributed by atoms with van der Waals surface area (Å²) in [7, 11) is -3.93. The lowest BCUT2D eigenvalue weighted by molar-refractivity contribution is -0.123. The van der Waals surface area contributed by atoms with Crippen LogP contribution in [0.2, 0.25) is 0 Å². The summed E-state index contributed by atoms with van der Waals surface area (Å²) in [6.07, 6.45) is -4.53. The van der Waals surface area contributed by atoms with Crippen molar-refractivity contribution in [3.63, 3.8) is 0 Å². The number of nitrogens with one attached hydrogen (secondary N) is 2. The first-order valence-corrected chi connectivity index (χ1v) is 10.3. The average Bonchev–Trinajstić information content (AvgIpc) is 2.63. The van der Waals surface area contributed by atoms with Crippen LogP contribution in [0.1, 0.15) is 42.7 Å². The van der Waals surface area contributed by atoms with Crippen molar-refractivity contribution in [1.29, 1.82) is 0 Å². The zero-order chi connectivity index (χ0) is 21.9. The van der Waals surface area contributed by atoms with Gasteiger partial charge in [-0.25, -0.2) is 13.1 Å². The number of sulfonamides is 1. The molecule has 0 saturated heterocycles. The molecule has 0 radical (unpaired) electrons. The Morgan fingerprint density at radius 3 is 2.00 bits per heavy atom. The van der Waals surface area contributed by atoms with Crippen molar-refractivity contribution >= 4 is 15.9 Å². The molecule has 158 valence electrons. The summed E-state index contributed by atoms with van der Waals surface area (Å²) >= 11 is 0. The van der Waals surface area contributed by atoms with E-state index in [1.54, 1.807) is 5.32 Å². The molecule has 0 saturated carbocycles. The Kier molecular flexibility index (Phi) is 6.74. The minimum absolute atomic E-state index is 0.0661. The van der Waals surface area contributed by atoms with E-state index in [1.807, 2.05) is 51.1 Å². The third kappa shape index (κ3) is 6.57. The van der Waals surface area contributed by atoms with Gasteiger partial charge in [0.05, 0.1) is 10.9 Å². The van der Waals surface area contributed by atoms with E-state index >= 15 is 0 Å². The van der Waals surface area contributed by atoms with Gasteiger partial charge in [-0.2, -0.15) is 13.2 Å². The fourth-order valence-electron chi connectivity index (χ4n) is 2.68. The maximum absolute atomic E-state index is 12.8. The van der Waals surface area contributed by atoms with Gasteiger partial charge in [0, 0.05) is 5.56 Å². The molecule has 0 bridgehead atoms. The Balaban J connectivity index is 2.21. The Morgan fingerprint density at radius 2 is 1.52 bits per heavy atom. The Bertz CT molecular complexity index is 936. The predicted octanol–water partition coefficient (Wildman–Crippen LogP) is 4.04. The third-order valence-corrected chi connectivity index (χ3v) is 5.59. The molecule has 5 nitrogen and oxygen atoms in total. The number of hydrogen-bond donors (Lipinski definition) is 2. The molecule has 2 N–H and O–H groups in total. The van der Waals surface area contributed by atoms with Crippen LogP contribution in [0.25, 0.3) is 0 Å². The van der Waals surface area contributed by atoms with E-state index in [-0.39, 0.29) is 10.5 Å². The average molecular weight is 428 g/mol. The van der Waals surface area contributed by atoms with Gasteiger partial charge in [-0.05, 0) is 35.2 Å².